The molecule has 0 bridgehead atoms. The highest BCUT2D eigenvalue weighted by Gasteiger charge is 2.38. The third-order valence-corrected chi connectivity index (χ3v) is 1.94. The summed E-state index contributed by atoms with van der Waals surface area (Å²) in [6.07, 6.45) is 0.335. The summed E-state index contributed by atoms with van der Waals surface area (Å²) in [7, 11) is 4.25. The summed E-state index contributed by atoms with van der Waals surface area (Å²) < 4.78 is 14.9. The topological polar surface area (TPSA) is 73.9 Å². The Morgan fingerprint density at radius 1 is 1.23 bits per heavy atom. The van der Waals surface area contributed by atoms with Crippen LogP contribution in [0.15, 0.2) is 0 Å². The van der Waals surface area contributed by atoms with Crippen LogP contribution in [-0.2, 0) is 14.2 Å². The molecular formula is C8H19NO4. The fourth-order valence-corrected chi connectivity index (χ4v) is 1.15. The molecule has 0 heterocycles. The van der Waals surface area contributed by atoms with Gasteiger partial charge in [-0.05, 0) is 19.4 Å². The van der Waals surface area contributed by atoms with E-state index in [9.17, 15) is 5.11 Å². The second kappa shape index (κ2) is 6.28. The largest absolute Gasteiger partial charge is 0.385 e. The van der Waals surface area contributed by atoms with Gasteiger partial charge in [0.1, 0.15) is 6.10 Å². The summed E-state index contributed by atoms with van der Waals surface area (Å²) in [6, 6.07) is 0. The first-order valence-electron chi connectivity index (χ1n) is 4.20. The molecule has 0 saturated carbocycles. The van der Waals surface area contributed by atoms with E-state index in [0.29, 0.717) is 19.4 Å². The summed E-state index contributed by atoms with van der Waals surface area (Å²) in [4.78, 5) is 0. The van der Waals surface area contributed by atoms with Crippen molar-refractivity contribution in [1.29, 1.82) is 0 Å². The van der Waals surface area contributed by atoms with Gasteiger partial charge in [-0.25, -0.2) is 0 Å². The van der Waals surface area contributed by atoms with Crippen molar-refractivity contribution in [2.75, 3.05) is 27.9 Å². The van der Waals surface area contributed by atoms with Crippen molar-refractivity contribution in [2.45, 2.75) is 24.9 Å². The van der Waals surface area contributed by atoms with Crippen LogP contribution in [0.2, 0.25) is 0 Å². The Morgan fingerprint density at radius 3 is 2.00 bits per heavy atom. The van der Waals surface area contributed by atoms with Gasteiger partial charge in [-0.2, -0.15) is 0 Å². The number of aliphatic hydroxyl groups is 1. The van der Waals surface area contributed by atoms with Crippen molar-refractivity contribution < 1.29 is 19.3 Å². The summed E-state index contributed by atoms with van der Waals surface area (Å²) in [5, 5.41) is 9.66. The van der Waals surface area contributed by atoms with Gasteiger partial charge in [0.05, 0.1) is 0 Å². The van der Waals surface area contributed by atoms with Crippen molar-refractivity contribution in [2.24, 2.45) is 5.73 Å². The highest BCUT2D eigenvalue weighted by Crippen LogP contribution is 2.20. The molecule has 3 N–H and O–H groups in total. The molecule has 0 saturated heterocycles. The highest BCUT2D eigenvalue weighted by atomic mass is 16.9. The summed E-state index contributed by atoms with van der Waals surface area (Å²) in [6.45, 7) is 0.518. The smallest absolute Gasteiger partial charge is 0.309 e. The first-order chi connectivity index (χ1) is 6.16. The Kier molecular flexibility index (Phi) is 6.19. The third-order valence-electron chi connectivity index (χ3n) is 1.94. The predicted molar refractivity (Wildman–Crippen MR) is 48.1 cm³/mol. The number of nitrogens with two attached hydrogens (primary N) is 1. The highest BCUT2D eigenvalue weighted by molar-refractivity contribution is 4.68. The third kappa shape index (κ3) is 3.21. The Balaban J connectivity index is 4.17. The number of methoxy groups -OCH3 is 3. The van der Waals surface area contributed by atoms with Crippen molar-refractivity contribution in [3.8, 4) is 0 Å². The minimum Gasteiger partial charge on any atom is -0.385 e. The number of aliphatic hydroxyl groups excluding tert-OH is 1. The lowest BCUT2D eigenvalue weighted by Crippen LogP contribution is -2.47. The van der Waals surface area contributed by atoms with E-state index in [-0.39, 0.29) is 0 Å². The van der Waals surface area contributed by atoms with Gasteiger partial charge in [-0.15, -0.1) is 0 Å². The first kappa shape index (κ1) is 12.8. The van der Waals surface area contributed by atoms with Crippen molar-refractivity contribution in [3.63, 3.8) is 0 Å². The standard InChI is InChI=1S/C8H19NO4/c1-11-8(12-2,13-3)7(10)5-4-6-9/h7,10H,4-6,9H2,1-3H3. The SMILES string of the molecule is COC(OC)(OC)C(O)CCCN. The zero-order valence-electron chi connectivity index (χ0n) is 8.45. The molecule has 0 spiro atoms. The predicted octanol–water partition coefficient (Wildman–Crippen LogP) is -0.321. The lowest BCUT2D eigenvalue weighted by atomic mass is 10.1. The Labute approximate surface area is 78.8 Å². The van der Waals surface area contributed by atoms with Crippen LogP contribution in [0.3, 0.4) is 0 Å². The van der Waals surface area contributed by atoms with Gasteiger partial charge in [0, 0.05) is 21.3 Å². The molecule has 5 heteroatoms. The first-order valence-corrected chi connectivity index (χ1v) is 4.20. The molecule has 13 heavy (non-hydrogen) atoms. The zero-order chi connectivity index (χ0) is 10.3. The van der Waals surface area contributed by atoms with Crippen LogP contribution in [0.5, 0.6) is 0 Å². The lowest BCUT2D eigenvalue weighted by Gasteiger charge is -2.32. The van der Waals surface area contributed by atoms with Crippen LogP contribution in [0.1, 0.15) is 12.8 Å². The maximum absolute atomic E-state index is 9.66. The van der Waals surface area contributed by atoms with Crippen molar-refractivity contribution in [1.82, 2.24) is 0 Å². The van der Waals surface area contributed by atoms with E-state index in [4.69, 9.17) is 19.9 Å². The quantitative estimate of drug-likeness (QED) is 0.542. The van der Waals surface area contributed by atoms with E-state index < -0.39 is 12.1 Å². The molecule has 0 aromatic rings. The zero-order valence-corrected chi connectivity index (χ0v) is 8.45. The van der Waals surface area contributed by atoms with Gasteiger partial charge in [-0.3, -0.25) is 0 Å². The fraction of sp³-hybridized carbons (Fsp3) is 1.00. The van der Waals surface area contributed by atoms with Gasteiger partial charge >= 0.3 is 5.97 Å². The maximum Gasteiger partial charge on any atom is 0.309 e. The van der Waals surface area contributed by atoms with Crippen LogP contribution in [-0.4, -0.2) is 45.1 Å². The van der Waals surface area contributed by atoms with E-state index >= 15 is 0 Å². The van der Waals surface area contributed by atoms with E-state index in [1.54, 1.807) is 0 Å². The molecule has 80 valence electrons. The summed E-state index contributed by atoms with van der Waals surface area (Å²) in [5.74, 6) is -1.37. The molecular weight excluding hydrogens is 174 g/mol. The second-order valence-corrected chi connectivity index (χ2v) is 2.66. The second-order valence-electron chi connectivity index (χ2n) is 2.66. The van der Waals surface area contributed by atoms with Crippen LogP contribution in [0.25, 0.3) is 0 Å². The summed E-state index contributed by atoms with van der Waals surface area (Å²) in [5.41, 5.74) is 5.31. The van der Waals surface area contributed by atoms with E-state index in [2.05, 4.69) is 0 Å². The molecule has 0 aromatic heterocycles. The molecule has 1 unspecified atom stereocenters. The molecule has 0 rings (SSSR count). The molecule has 0 aliphatic carbocycles. The molecule has 0 aliphatic heterocycles. The molecule has 0 aliphatic rings. The molecule has 0 fully saturated rings. The van der Waals surface area contributed by atoms with Gasteiger partial charge < -0.3 is 25.1 Å². The Hall–Kier alpha value is -0.200. The lowest BCUT2D eigenvalue weighted by molar-refractivity contribution is -0.389. The van der Waals surface area contributed by atoms with E-state index in [1.807, 2.05) is 0 Å². The van der Waals surface area contributed by atoms with Crippen molar-refractivity contribution >= 4 is 0 Å². The van der Waals surface area contributed by atoms with Crippen LogP contribution in [0.4, 0.5) is 0 Å². The summed E-state index contributed by atoms with van der Waals surface area (Å²) >= 11 is 0. The minimum absolute atomic E-state index is 0.478. The van der Waals surface area contributed by atoms with Gasteiger partial charge in [0.25, 0.3) is 0 Å². The average Bonchev–Trinajstić information content (AvgIpc) is 2.18. The van der Waals surface area contributed by atoms with Gasteiger partial charge in [-0.1, -0.05) is 0 Å². The van der Waals surface area contributed by atoms with E-state index in [0.717, 1.165) is 0 Å². The average molecular weight is 193 g/mol. The number of rotatable bonds is 7. The fourth-order valence-electron chi connectivity index (χ4n) is 1.15. The van der Waals surface area contributed by atoms with Crippen LogP contribution in [0, 0.1) is 0 Å². The Morgan fingerprint density at radius 2 is 1.69 bits per heavy atom. The molecule has 0 aromatic carbocycles. The van der Waals surface area contributed by atoms with Gasteiger partial charge in [0.2, 0.25) is 0 Å². The molecule has 1 atom stereocenters. The number of ether oxygens (including phenoxy) is 3. The van der Waals surface area contributed by atoms with E-state index in [1.165, 1.54) is 21.3 Å². The molecule has 5 nitrogen and oxygen atoms in total. The molecule has 0 radical (unpaired) electrons. The normalized spacial score (nSPS) is 14.5. The van der Waals surface area contributed by atoms with Crippen LogP contribution >= 0.6 is 0 Å². The van der Waals surface area contributed by atoms with Gasteiger partial charge in [0.15, 0.2) is 0 Å². The number of hydrogen-bond acceptors (Lipinski definition) is 5. The molecule has 0 amide bonds. The van der Waals surface area contributed by atoms with Crippen molar-refractivity contribution in [3.05, 3.63) is 0 Å². The Bertz CT molecular complexity index is 119. The maximum atomic E-state index is 9.66. The number of hydrogen-bond donors (Lipinski definition) is 2. The minimum atomic E-state index is -1.37. The van der Waals surface area contributed by atoms with Crippen LogP contribution < -0.4 is 5.73 Å². The monoisotopic (exact) mass is 193 g/mol.